The van der Waals surface area contributed by atoms with E-state index in [0.717, 1.165) is 24.0 Å². The van der Waals surface area contributed by atoms with Crippen LogP contribution in [0, 0.1) is 0 Å². The van der Waals surface area contributed by atoms with Crippen molar-refractivity contribution in [1.29, 1.82) is 0 Å². The lowest BCUT2D eigenvalue weighted by Gasteiger charge is -2.20. The lowest BCUT2D eigenvalue weighted by atomic mass is 9.93. The first kappa shape index (κ1) is 31.8. The summed E-state index contributed by atoms with van der Waals surface area (Å²) in [6.45, 7) is 4.31. The Labute approximate surface area is 243 Å². The summed E-state index contributed by atoms with van der Waals surface area (Å²) in [4.78, 5) is 71.9. The third-order valence-electron chi connectivity index (χ3n) is 6.98. The van der Waals surface area contributed by atoms with Gasteiger partial charge in [0.15, 0.2) is 0 Å². The van der Waals surface area contributed by atoms with Gasteiger partial charge in [-0.25, -0.2) is 10.2 Å². The second-order valence-electron chi connectivity index (χ2n) is 10.2. The summed E-state index contributed by atoms with van der Waals surface area (Å²) < 4.78 is 5.38. The van der Waals surface area contributed by atoms with Crippen LogP contribution in [-0.4, -0.2) is 65.5 Å². The average Bonchev–Trinajstić information content (AvgIpc) is 3.27. The molecule has 2 aliphatic carbocycles. The number of hydrogen-bond donors (Lipinski definition) is 6. The summed E-state index contributed by atoms with van der Waals surface area (Å²) in [6.07, 6.45) is 5.12. The predicted octanol–water partition coefficient (Wildman–Crippen LogP) is 1.41. The van der Waals surface area contributed by atoms with Crippen LogP contribution in [0.4, 0.5) is 4.79 Å². The van der Waals surface area contributed by atoms with Crippen LogP contribution in [0.3, 0.4) is 0 Å². The average molecular weight is 584 g/mol. The summed E-state index contributed by atoms with van der Waals surface area (Å²) >= 11 is 0. The number of fused-ring (bicyclic) bond motifs is 2. The molecule has 6 N–H and O–H groups in total. The zero-order valence-electron chi connectivity index (χ0n) is 23.8. The second kappa shape index (κ2) is 14.8. The number of benzene rings is 1. The first-order valence-corrected chi connectivity index (χ1v) is 13.8. The number of hydrogen-bond acceptors (Lipinski definition) is 7. The zero-order chi connectivity index (χ0) is 30.8. The van der Waals surface area contributed by atoms with Crippen molar-refractivity contribution in [3.8, 4) is 0 Å². The smallest absolute Gasteiger partial charge is 0.426 e. The Hall–Kier alpha value is -4.68. The molecular weight excluding hydrogens is 546 g/mol. The molecule has 0 bridgehead atoms. The molecule has 13 heteroatoms. The van der Waals surface area contributed by atoms with Crippen molar-refractivity contribution in [1.82, 2.24) is 26.8 Å². The van der Waals surface area contributed by atoms with Crippen LogP contribution in [0.5, 0.6) is 0 Å². The fourth-order valence-corrected chi connectivity index (χ4v) is 4.73. The van der Waals surface area contributed by atoms with E-state index in [2.05, 4.69) is 45.0 Å². The van der Waals surface area contributed by atoms with Crippen molar-refractivity contribution in [2.24, 2.45) is 0 Å². The molecule has 3 rings (SSSR count). The summed E-state index contributed by atoms with van der Waals surface area (Å²) in [5.41, 5.74) is 9.04. The van der Waals surface area contributed by atoms with Crippen molar-refractivity contribution in [3.63, 3.8) is 0 Å². The molecule has 4 unspecified atom stereocenters. The third kappa shape index (κ3) is 8.66. The van der Waals surface area contributed by atoms with E-state index in [1.54, 1.807) is 0 Å². The van der Waals surface area contributed by atoms with Gasteiger partial charge >= 0.3 is 12.1 Å². The van der Waals surface area contributed by atoms with Gasteiger partial charge in [-0.15, -0.1) is 0 Å². The molecule has 0 heterocycles. The zero-order valence-corrected chi connectivity index (χ0v) is 23.8. The molecule has 0 saturated carbocycles. The van der Waals surface area contributed by atoms with Gasteiger partial charge in [0.05, 0.1) is 0 Å². The molecule has 2 aliphatic rings. The lowest BCUT2D eigenvalue weighted by molar-refractivity contribution is -0.137. The number of carboxylic acid groups (broad SMARTS) is 1. The van der Waals surface area contributed by atoms with Crippen molar-refractivity contribution < 1.29 is 38.6 Å². The van der Waals surface area contributed by atoms with Crippen molar-refractivity contribution in [3.05, 3.63) is 53.1 Å². The maximum absolute atomic E-state index is 12.5. The number of allylic oxidation sites excluding steroid dienone is 3. The molecule has 0 fully saturated rings. The van der Waals surface area contributed by atoms with Gasteiger partial charge in [0.1, 0.15) is 24.7 Å². The van der Waals surface area contributed by atoms with Crippen LogP contribution < -0.4 is 26.8 Å². The molecule has 0 aromatic heterocycles. The van der Waals surface area contributed by atoms with E-state index in [-0.39, 0.29) is 31.8 Å². The highest BCUT2D eigenvalue weighted by Crippen LogP contribution is 2.46. The van der Waals surface area contributed by atoms with Crippen molar-refractivity contribution in [2.75, 3.05) is 6.61 Å². The number of carbonyl (C=O) groups excluding carboxylic acids is 5. The summed E-state index contributed by atoms with van der Waals surface area (Å²) in [7, 11) is 0. The minimum absolute atomic E-state index is 0.0565. The number of aliphatic carboxylic acids is 1. The van der Waals surface area contributed by atoms with Crippen LogP contribution in [-0.2, 0) is 28.7 Å². The topological polar surface area (TPSA) is 192 Å². The van der Waals surface area contributed by atoms with Gasteiger partial charge in [-0.05, 0) is 62.3 Å². The lowest BCUT2D eigenvalue weighted by Crippen LogP contribution is -2.56. The number of carbonyl (C=O) groups is 6. The Balaban J connectivity index is 1.38. The van der Waals surface area contributed by atoms with Gasteiger partial charge in [-0.3, -0.25) is 29.4 Å². The minimum atomic E-state index is -1.06. The number of nitrogens with one attached hydrogen (secondary N) is 5. The normalized spacial score (nSPS) is 17.1. The molecule has 1 aromatic carbocycles. The molecule has 0 spiro atoms. The van der Waals surface area contributed by atoms with Crippen molar-refractivity contribution in [2.45, 2.75) is 76.9 Å². The van der Waals surface area contributed by atoms with E-state index in [4.69, 9.17) is 9.84 Å². The first-order chi connectivity index (χ1) is 20.0. The Kier molecular flexibility index (Phi) is 11.2. The minimum Gasteiger partial charge on any atom is -0.481 e. The Morgan fingerprint density at radius 1 is 0.881 bits per heavy atom. The SMILES string of the molecule is CC(NC(=O)CCCC(=O)O)C(=O)NC(C)C(=O)NC(C)C(=O)NNC(=O)OCC1C2=C(CCC=C2)c2ccccc21. The van der Waals surface area contributed by atoms with Crippen LogP contribution in [0.1, 0.15) is 69.9 Å². The van der Waals surface area contributed by atoms with Crippen LogP contribution in [0.15, 0.2) is 42.0 Å². The standard InChI is InChI=1S/C29H37N5O8/c1-16(30-24(35)13-8-14-25(36)37)26(38)31-17(2)27(39)32-18(3)28(40)33-34-29(41)42-15-23-21-11-6-4-9-19(21)20-10-5-7-12-22(20)23/h4,6-7,9,11-12,16-18,23H,5,8,10,13-15H2,1-3H3,(H,30,35)(H,31,38)(H,32,39)(H,33,40)(H,34,41)(H,36,37). The first-order valence-electron chi connectivity index (χ1n) is 13.8. The van der Waals surface area contributed by atoms with Crippen LogP contribution in [0.2, 0.25) is 0 Å². The van der Waals surface area contributed by atoms with E-state index in [9.17, 15) is 28.8 Å². The number of amides is 5. The number of carboxylic acids is 1. The molecule has 0 radical (unpaired) electrons. The maximum Gasteiger partial charge on any atom is 0.426 e. The molecular formula is C29H37N5O8. The monoisotopic (exact) mass is 583 g/mol. The Morgan fingerprint density at radius 3 is 2.21 bits per heavy atom. The fourth-order valence-electron chi connectivity index (χ4n) is 4.73. The highest BCUT2D eigenvalue weighted by atomic mass is 16.6. The van der Waals surface area contributed by atoms with Gasteiger partial charge in [0, 0.05) is 18.8 Å². The van der Waals surface area contributed by atoms with Gasteiger partial charge in [0.2, 0.25) is 17.7 Å². The number of hydrazine groups is 1. The molecule has 4 atom stereocenters. The molecule has 1 aromatic rings. The number of rotatable bonds is 12. The summed E-state index contributed by atoms with van der Waals surface area (Å²) in [5, 5.41) is 15.9. The second-order valence-corrected chi connectivity index (χ2v) is 10.2. The van der Waals surface area contributed by atoms with Gasteiger partial charge in [-0.1, -0.05) is 36.4 Å². The largest absolute Gasteiger partial charge is 0.481 e. The molecule has 42 heavy (non-hydrogen) atoms. The van der Waals surface area contributed by atoms with Gasteiger partial charge in [-0.2, -0.15) is 0 Å². The van der Waals surface area contributed by atoms with Crippen molar-refractivity contribution >= 4 is 41.3 Å². The van der Waals surface area contributed by atoms with E-state index >= 15 is 0 Å². The molecule has 0 aliphatic heterocycles. The quantitative estimate of drug-likeness (QED) is 0.199. The van der Waals surface area contributed by atoms with Crippen LogP contribution >= 0.6 is 0 Å². The van der Waals surface area contributed by atoms with E-state index in [1.807, 2.05) is 18.2 Å². The molecule has 5 amide bonds. The van der Waals surface area contributed by atoms with E-state index in [1.165, 1.54) is 31.9 Å². The Morgan fingerprint density at radius 2 is 1.52 bits per heavy atom. The highest BCUT2D eigenvalue weighted by Gasteiger charge is 2.31. The van der Waals surface area contributed by atoms with Crippen LogP contribution in [0.25, 0.3) is 5.57 Å². The summed E-state index contributed by atoms with van der Waals surface area (Å²) in [6, 6.07) is 4.94. The summed E-state index contributed by atoms with van der Waals surface area (Å²) in [5.74, 6) is -3.64. The fraction of sp³-hybridized carbons (Fsp3) is 0.448. The molecule has 0 saturated heterocycles. The van der Waals surface area contributed by atoms with Gasteiger partial charge < -0.3 is 25.8 Å². The van der Waals surface area contributed by atoms with E-state index < -0.39 is 53.8 Å². The maximum atomic E-state index is 12.5. The number of ether oxygens (including phenoxy) is 1. The van der Waals surface area contributed by atoms with E-state index in [0.29, 0.717) is 0 Å². The molecule has 226 valence electrons. The predicted molar refractivity (Wildman–Crippen MR) is 151 cm³/mol. The molecule has 13 nitrogen and oxygen atoms in total. The Bertz CT molecular complexity index is 1290. The van der Waals surface area contributed by atoms with Gasteiger partial charge in [0.25, 0.3) is 5.91 Å². The third-order valence-corrected chi connectivity index (χ3v) is 6.98. The highest BCUT2D eigenvalue weighted by molar-refractivity contribution is 5.94.